The van der Waals surface area contributed by atoms with Gasteiger partial charge in [0.25, 0.3) is 0 Å². The standard InChI is InChI=1S/C10H14NO2/c1-3-5-6-8-7-9(12)11(4-2)10(8)13/h5-6,8H,2-4,7H2,1H3. The molecule has 3 heteroatoms. The van der Waals surface area contributed by atoms with Crippen molar-refractivity contribution in [2.45, 2.75) is 19.8 Å². The van der Waals surface area contributed by atoms with E-state index in [9.17, 15) is 9.59 Å². The zero-order chi connectivity index (χ0) is 9.84. The van der Waals surface area contributed by atoms with Crippen molar-refractivity contribution in [1.29, 1.82) is 0 Å². The minimum Gasteiger partial charge on any atom is -0.282 e. The van der Waals surface area contributed by atoms with Gasteiger partial charge in [0, 0.05) is 13.0 Å². The van der Waals surface area contributed by atoms with E-state index in [0.29, 0.717) is 6.42 Å². The molecule has 71 valence electrons. The molecule has 0 aromatic carbocycles. The molecule has 0 aliphatic carbocycles. The number of nitrogens with zero attached hydrogens (tertiary/aromatic N) is 1. The molecule has 1 saturated heterocycles. The van der Waals surface area contributed by atoms with E-state index in [1.807, 2.05) is 19.1 Å². The van der Waals surface area contributed by atoms with E-state index < -0.39 is 0 Å². The molecule has 1 radical (unpaired) electrons. The van der Waals surface area contributed by atoms with Crippen LogP contribution in [-0.2, 0) is 9.59 Å². The Labute approximate surface area is 78.4 Å². The smallest absolute Gasteiger partial charge is 0.236 e. The Hall–Kier alpha value is -1.12. The van der Waals surface area contributed by atoms with Gasteiger partial charge in [-0.2, -0.15) is 0 Å². The van der Waals surface area contributed by atoms with Crippen LogP contribution in [0.2, 0.25) is 0 Å². The van der Waals surface area contributed by atoms with Crippen LogP contribution in [-0.4, -0.2) is 23.3 Å². The van der Waals surface area contributed by atoms with Crippen LogP contribution in [0.25, 0.3) is 0 Å². The van der Waals surface area contributed by atoms with E-state index in [4.69, 9.17) is 0 Å². The lowest BCUT2D eigenvalue weighted by atomic mass is 10.1. The van der Waals surface area contributed by atoms with E-state index in [1.54, 1.807) is 0 Å². The second kappa shape index (κ2) is 4.21. The molecule has 0 bridgehead atoms. The van der Waals surface area contributed by atoms with Crippen molar-refractivity contribution < 1.29 is 9.59 Å². The van der Waals surface area contributed by atoms with Crippen molar-refractivity contribution in [2.75, 3.05) is 6.54 Å². The Kier molecular flexibility index (Phi) is 3.23. The first kappa shape index (κ1) is 9.96. The fourth-order valence-corrected chi connectivity index (χ4v) is 1.39. The minimum absolute atomic E-state index is 0.106. The van der Waals surface area contributed by atoms with Gasteiger partial charge in [0.05, 0.1) is 5.92 Å². The quantitative estimate of drug-likeness (QED) is 0.483. The Balaban J connectivity index is 2.67. The molecule has 3 nitrogen and oxygen atoms in total. The zero-order valence-corrected chi connectivity index (χ0v) is 7.82. The summed E-state index contributed by atoms with van der Waals surface area (Å²) < 4.78 is 0. The fraction of sp³-hybridized carbons (Fsp3) is 0.500. The molecule has 1 unspecified atom stereocenters. The number of hydrogen-bond donors (Lipinski definition) is 0. The first-order valence-electron chi connectivity index (χ1n) is 4.50. The number of rotatable bonds is 3. The number of likely N-dealkylation sites (tertiary alicyclic amines) is 1. The van der Waals surface area contributed by atoms with Gasteiger partial charge in [-0.05, 0) is 13.3 Å². The van der Waals surface area contributed by atoms with Gasteiger partial charge in [0.15, 0.2) is 0 Å². The lowest BCUT2D eigenvalue weighted by Gasteiger charge is -2.09. The van der Waals surface area contributed by atoms with Crippen LogP contribution in [0.3, 0.4) is 0 Å². The van der Waals surface area contributed by atoms with Crippen molar-refractivity contribution in [3.63, 3.8) is 0 Å². The predicted molar refractivity (Wildman–Crippen MR) is 49.6 cm³/mol. The summed E-state index contributed by atoms with van der Waals surface area (Å²) in [4.78, 5) is 23.9. The molecular formula is C10H14NO2. The molecular weight excluding hydrogens is 166 g/mol. The largest absolute Gasteiger partial charge is 0.282 e. The van der Waals surface area contributed by atoms with Gasteiger partial charge < -0.3 is 0 Å². The van der Waals surface area contributed by atoms with Gasteiger partial charge >= 0.3 is 0 Å². The highest BCUT2D eigenvalue weighted by Crippen LogP contribution is 2.20. The van der Waals surface area contributed by atoms with Crippen LogP contribution >= 0.6 is 0 Å². The maximum absolute atomic E-state index is 11.5. The molecule has 1 aliphatic heterocycles. The van der Waals surface area contributed by atoms with Gasteiger partial charge in [-0.3, -0.25) is 14.5 Å². The monoisotopic (exact) mass is 180 g/mol. The van der Waals surface area contributed by atoms with Crippen LogP contribution in [0.5, 0.6) is 0 Å². The average molecular weight is 180 g/mol. The first-order chi connectivity index (χ1) is 6.20. The molecule has 13 heavy (non-hydrogen) atoms. The maximum Gasteiger partial charge on any atom is 0.236 e. The highest BCUT2D eigenvalue weighted by molar-refractivity contribution is 6.04. The number of imide groups is 1. The second-order valence-electron chi connectivity index (χ2n) is 3.03. The topological polar surface area (TPSA) is 37.4 Å². The summed E-state index contributed by atoms with van der Waals surface area (Å²) in [7, 11) is 0. The molecule has 2 amide bonds. The highest BCUT2D eigenvalue weighted by atomic mass is 16.2. The summed E-state index contributed by atoms with van der Waals surface area (Å²) >= 11 is 0. The Morgan fingerprint density at radius 3 is 2.77 bits per heavy atom. The molecule has 1 aliphatic rings. The van der Waals surface area contributed by atoms with Crippen molar-refractivity contribution in [1.82, 2.24) is 4.90 Å². The van der Waals surface area contributed by atoms with Crippen LogP contribution < -0.4 is 0 Å². The third kappa shape index (κ3) is 1.97. The summed E-state index contributed by atoms with van der Waals surface area (Å²) in [6.45, 7) is 5.78. The third-order valence-corrected chi connectivity index (χ3v) is 2.11. The van der Waals surface area contributed by atoms with Gasteiger partial charge in [-0.15, -0.1) is 0 Å². The van der Waals surface area contributed by atoms with Crippen molar-refractivity contribution in [3.8, 4) is 0 Å². The van der Waals surface area contributed by atoms with Gasteiger partial charge in [-0.25, -0.2) is 0 Å². The van der Waals surface area contributed by atoms with Crippen LogP contribution in [0.15, 0.2) is 12.2 Å². The third-order valence-electron chi connectivity index (χ3n) is 2.11. The summed E-state index contributed by atoms with van der Waals surface area (Å²) in [6.07, 6.45) is 4.94. The van der Waals surface area contributed by atoms with Crippen molar-refractivity contribution >= 4 is 11.8 Å². The Morgan fingerprint density at radius 1 is 1.62 bits per heavy atom. The van der Waals surface area contributed by atoms with Gasteiger partial charge in [0.1, 0.15) is 0 Å². The van der Waals surface area contributed by atoms with Crippen LogP contribution in [0.1, 0.15) is 19.8 Å². The molecule has 1 atom stereocenters. The molecule has 1 heterocycles. The van der Waals surface area contributed by atoms with Gasteiger partial charge in [-0.1, -0.05) is 19.1 Å². The number of allylic oxidation sites excluding steroid dienone is 1. The summed E-state index contributed by atoms with van der Waals surface area (Å²) in [5, 5.41) is 0. The molecule has 0 N–H and O–H groups in total. The normalized spacial score (nSPS) is 23.5. The molecule has 0 saturated carbocycles. The molecule has 0 aromatic rings. The van der Waals surface area contributed by atoms with Crippen LogP contribution in [0, 0.1) is 12.8 Å². The lowest BCUT2D eigenvalue weighted by Crippen LogP contribution is -2.30. The number of amides is 2. The van der Waals surface area contributed by atoms with E-state index in [-0.39, 0.29) is 24.3 Å². The Morgan fingerprint density at radius 2 is 2.31 bits per heavy atom. The average Bonchev–Trinajstić information content (AvgIpc) is 2.38. The molecule has 0 spiro atoms. The van der Waals surface area contributed by atoms with Gasteiger partial charge in [0.2, 0.25) is 11.8 Å². The molecule has 1 rings (SSSR count). The minimum atomic E-state index is -0.241. The van der Waals surface area contributed by atoms with E-state index in [0.717, 1.165) is 6.42 Å². The van der Waals surface area contributed by atoms with Crippen molar-refractivity contribution in [2.24, 2.45) is 5.92 Å². The highest BCUT2D eigenvalue weighted by Gasteiger charge is 2.35. The molecule has 0 aromatic heterocycles. The van der Waals surface area contributed by atoms with E-state index in [2.05, 4.69) is 6.92 Å². The lowest BCUT2D eigenvalue weighted by molar-refractivity contribution is -0.138. The SMILES string of the molecule is [CH2]CN1C(=O)CC(C=CCC)C1=O. The number of carbonyl (C=O) groups excluding carboxylic acids is 2. The predicted octanol–water partition coefficient (Wildman–Crippen LogP) is 1.16. The Bertz CT molecular complexity index is 245. The number of carbonyl (C=O) groups is 2. The first-order valence-corrected chi connectivity index (χ1v) is 4.50. The number of hydrogen-bond acceptors (Lipinski definition) is 2. The summed E-state index contributed by atoms with van der Waals surface area (Å²) in [5.74, 6) is -0.454. The van der Waals surface area contributed by atoms with E-state index in [1.165, 1.54) is 4.90 Å². The zero-order valence-electron chi connectivity index (χ0n) is 7.82. The maximum atomic E-state index is 11.5. The second-order valence-corrected chi connectivity index (χ2v) is 3.03. The van der Waals surface area contributed by atoms with Crippen LogP contribution in [0.4, 0.5) is 0 Å². The summed E-state index contributed by atoms with van der Waals surface area (Å²) in [6, 6.07) is 0. The molecule has 1 fully saturated rings. The van der Waals surface area contributed by atoms with Crippen molar-refractivity contribution in [3.05, 3.63) is 19.1 Å². The summed E-state index contributed by atoms with van der Waals surface area (Å²) in [5.41, 5.74) is 0. The fourth-order valence-electron chi connectivity index (χ4n) is 1.39. The van der Waals surface area contributed by atoms with E-state index >= 15 is 0 Å².